The summed E-state index contributed by atoms with van der Waals surface area (Å²) in [6, 6.07) is -1.02. The third-order valence-electron chi connectivity index (χ3n) is 3.00. The van der Waals surface area contributed by atoms with Gasteiger partial charge in [0.1, 0.15) is 6.04 Å². The zero-order valence-electron chi connectivity index (χ0n) is 11.2. The highest BCUT2D eigenvalue weighted by Gasteiger charge is 2.34. The van der Waals surface area contributed by atoms with Crippen LogP contribution in [0.2, 0.25) is 0 Å². The molecule has 0 bridgehead atoms. The second kappa shape index (κ2) is 6.04. The van der Waals surface area contributed by atoms with E-state index in [2.05, 4.69) is 5.32 Å². The molecule has 1 heterocycles. The van der Waals surface area contributed by atoms with E-state index in [0.29, 0.717) is 26.1 Å². The Labute approximate surface area is 107 Å². The fraction of sp³-hybridized carbons (Fsp3) is 0.833. The molecule has 0 aromatic rings. The molecule has 0 aromatic heterocycles. The van der Waals surface area contributed by atoms with Crippen molar-refractivity contribution in [2.45, 2.75) is 45.3 Å². The van der Waals surface area contributed by atoms with E-state index in [1.165, 1.54) is 4.90 Å². The summed E-state index contributed by atoms with van der Waals surface area (Å²) in [7, 11) is 0. The Morgan fingerprint density at radius 1 is 1.50 bits per heavy atom. The van der Waals surface area contributed by atoms with Crippen molar-refractivity contribution in [2.75, 3.05) is 19.7 Å². The van der Waals surface area contributed by atoms with Gasteiger partial charge in [-0.1, -0.05) is 0 Å². The minimum absolute atomic E-state index is 0.326. The van der Waals surface area contributed by atoms with Gasteiger partial charge in [0, 0.05) is 19.7 Å². The van der Waals surface area contributed by atoms with Crippen molar-refractivity contribution in [1.29, 1.82) is 0 Å². The molecule has 1 atom stereocenters. The Morgan fingerprint density at radius 2 is 2.17 bits per heavy atom. The summed E-state index contributed by atoms with van der Waals surface area (Å²) in [6.45, 7) is 7.10. The van der Waals surface area contributed by atoms with Crippen LogP contribution in [0.4, 0.5) is 4.79 Å². The number of rotatable bonds is 5. The van der Waals surface area contributed by atoms with Gasteiger partial charge < -0.3 is 20.1 Å². The first-order valence-corrected chi connectivity index (χ1v) is 6.28. The van der Waals surface area contributed by atoms with Crippen LogP contribution in [-0.2, 0) is 9.53 Å². The molecule has 2 amide bonds. The molecule has 1 fully saturated rings. The number of hydrogen-bond acceptors (Lipinski definition) is 3. The van der Waals surface area contributed by atoms with Crippen LogP contribution in [0.25, 0.3) is 0 Å². The lowest BCUT2D eigenvalue weighted by Gasteiger charge is -2.27. The zero-order valence-corrected chi connectivity index (χ0v) is 11.2. The molecule has 0 saturated carbocycles. The minimum atomic E-state index is -0.938. The van der Waals surface area contributed by atoms with Crippen LogP contribution >= 0.6 is 0 Å². The van der Waals surface area contributed by atoms with Gasteiger partial charge in [-0.05, 0) is 33.6 Å². The van der Waals surface area contributed by atoms with Crippen LogP contribution in [0.15, 0.2) is 0 Å². The first-order chi connectivity index (χ1) is 8.37. The Hall–Kier alpha value is -1.30. The summed E-state index contributed by atoms with van der Waals surface area (Å²) < 4.78 is 5.47. The van der Waals surface area contributed by atoms with E-state index in [0.717, 1.165) is 6.42 Å². The average molecular weight is 258 g/mol. The molecule has 18 heavy (non-hydrogen) atoms. The Kier molecular flexibility index (Phi) is 4.95. The lowest BCUT2D eigenvalue weighted by molar-refractivity contribution is -0.141. The number of hydrogen-bond donors (Lipinski definition) is 2. The molecule has 2 N–H and O–H groups in total. The number of nitrogens with one attached hydrogen (secondary N) is 1. The number of urea groups is 1. The van der Waals surface area contributed by atoms with Gasteiger partial charge in [-0.2, -0.15) is 0 Å². The van der Waals surface area contributed by atoms with Crippen molar-refractivity contribution in [3.63, 3.8) is 0 Å². The van der Waals surface area contributed by atoms with Crippen LogP contribution in [0, 0.1) is 0 Å². The van der Waals surface area contributed by atoms with E-state index in [1.54, 1.807) is 0 Å². The van der Waals surface area contributed by atoms with Gasteiger partial charge >= 0.3 is 12.0 Å². The van der Waals surface area contributed by atoms with Gasteiger partial charge in [0.05, 0.1) is 5.60 Å². The fourth-order valence-electron chi connectivity index (χ4n) is 2.10. The van der Waals surface area contributed by atoms with Crippen molar-refractivity contribution < 1.29 is 19.4 Å². The normalized spacial score (nSPS) is 19.9. The predicted octanol–water partition coefficient (Wildman–Crippen LogP) is 1.06. The van der Waals surface area contributed by atoms with Gasteiger partial charge in [0.25, 0.3) is 0 Å². The molecule has 0 unspecified atom stereocenters. The predicted molar refractivity (Wildman–Crippen MR) is 66.5 cm³/mol. The number of ether oxygens (including phenoxy) is 1. The number of carboxylic acid groups (broad SMARTS) is 1. The summed E-state index contributed by atoms with van der Waals surface area (Å²) in [5.41, 5.74) is -0.442. The quantitative estimate of drug-likeness (QED) is 0.773. The van der Waals surface area contributed by atoms with Crippen molar-refractivity contribution in [3.8, 4) is 0 Å². The Morgan fingerprint density at radius 3 is 2.72 bits per heavy atom. The lowest BCUT2D eigenvalue weighted by atomic mass is 10.1. The van der Waals surface area contributed by atoms with E-state index in [4.69, 9.17) is 9.84 Å². The number of carbonyl (C=O) groups excluding carboxylic acids is 1. The molecule has 104 valence electrons. The van der Waals surface area contributed by atoms with Crippen LogP contribution < -0.4 is 5.32 Å². The van der Waals surface area contributed by atoms with Crippen LogP contribution in [0.1, 0.15) is 33.6 Å². The number of amides is 2. The molecule has 0 radical (unpaired) electrons. The largest absolute Gasteiger partial charge is 0.480 e. The minimum Gasteiger partial charge on any atom is -0.480 e. The van der Waals surface area contributed by atoms with Crippen LogP contribution in [0.3, 0.4) is 0 Å². The van der Waals surface area contributed by atoms with Gasteiger partial charge in [-0.25, -0.2) is 9.59 Å². The van der Waals surface area contributed by atoms with Crippen molar-refractivity contribution in [1.82, 2.24) is 10.2 Å². The van der Waals surface area contributed by atoms with E-state index in [9.17, 15) is 9.59 Å². The standard InChI is InChI=1S/C12H22N2O4/c1-4-18-12(2,3)8-13-11(17)14-7-5-6-9(14)10(15)16/h9H,4-8H2,1-3H3,(H,13,17)(H,15,16)/t9-/m0/s1. The van der Waals surface area contributed by atoms with Gasteiger partial charge in [-0.3, -0.25) is 0 Å². The average Bonchev–Trinajstić information content (AvgIpc) is 2.74. The first kappa shape index (κ1) is 14.8. The molecular weight excluding hydrogens is 236 g/mol. The van der Waals surface area contributed by atoms with E-state index in [1.807, 2.05) is 20.8 Å². The number of carboxylic acids is 1. The van der Waals surface area contributed by atoms with Gasteiger partial charge in [-0.15, -0.1) is 0 Å². The molecule has 1 rings (SSSR count). The molecule has 1 aliphatic rings. The summed E-state index contributed by atoms with van der Waals surface area (Å²) >= 11 is 0. The Balaban J connectivity index is 2.48. The lowest BCUT2D eigenvalue weighted by Crippen LogP contribution is -2.49. The second-order valence-electron chi connectivity index (χ2n) is 5.04. The van der Waals surface area contributed by atoms with E-state index < -0.39 is 17.6 Å². The zero-order chi connectivity index (χ0) is 13.8. The number of nitrogens with zero attached hydrogens (tertiary/aromatic N) is 1. The van der Waals surface area contributed by atoms with Gasteiger partial charge in [0.2, 0.25) is 0 Å². The van der Waals surface area contributed by atoms with Crippen LogP contribution in [-0.4, -0.2) is 53.3 Å². The molecule has 6 heteroatoms. The summed E-state index contributed by atoms with van der Waals surface area (Å²) in [5, 5.41) is 11.7. The molecular formula is C12H22N2O4. The molecule has 0 aliphatic carbocycles. The third kappa shape index (κ3) is 3.87. The Bertz CT molecular complexity index is 317. The first-order valence-electron chi connectivity index (χ1n) is 6.28. The van der Waals surface area contributed by atoms with Gasteiger partial charge in [0.15, 0.2) is 0 Å². The van der Waals surface area contributed by atoms with Crippen LogP contribution in [0.5, 0.6) is 0 Å². The highest BCUT2D eigenvalue weighted by atomic mass is 16.5. The maximum atomic E-state index is 11.9. The molecule has 6 nitrogen and oxygen atoms in total. The summed E-state index contributed by atoms with van der Waals surface area (Å²) in [5.74, 6) is -0.938. The number of carbonyl (C=O) groups is 2. The van der Waals surface area contributed by atoms with E-state index >= 15 is 0 Å². The fourth-order valence-corrected chi connectivity index (χ4v) is 2.10. The maximum absolute atomic E-state index is 11.9. The topological polar surface area (TPSA) is 78.9 Å². The van der Waals surface area contributed by atoms with Crippen molar-refractivity contribution in [2.24, 2.45) is 0 Å². The number of likely N-dealkylation sites (tertiary alicyclic amines) is 1. The molecule has 0 spiro atoms. The summed E-state index contributed by atoms with van der Waals surface area (Å²) in [6.07, 6.45) is 1.26. The smallest absolute Gasteiger partial charge is 0.326 e. The highest BCUT2D eigenvalue weighted by Crippen LogP contribution is 2.17. The van der Waals surface area contributed by atoms with Crippen molar-refractivity contribution >= 4 is 12.0 Å². The molecule has 1 saturated heterocycles. The maximum Gasteiger partial charge on any atom is 0.326 e. The second-order valence-corrected chi connectivity index (χ2v) is 5.04. The number of aliphatic carboxylic acids is 1. The highest BCUT2D eigenvalue weighted by molar-refractivity contribution is 5.83. The monoisotopic (exact) mass is 258 g/mol. The summed E-state index contributed by atoms with van der Waals surface area (Å²) in [4.78, 5) is 24.3. The van der Waals surface area contributed by atoms with E-state index in [-0.39, 0.29) is 6.03 Å². The molecule has 1 aliphatic heterocycles. The third-order valence-corrected chi connectivity index (χ3v) is 3.00. The van der Waals surface area contributed by atoms with Crippen molar-refractivity contribution in [3.05, 3.63) is 0 Å². The molecule has 0 aromatic carbocycles. The SMILES string of the molecule is CCOC(C)(C)CNC(=O)N1CCC[C@H]1C(=O)O.